The largest absolute Gasteiger partial charge is 0.491 e. The van der Waals surface area contributed by atoms with E-state index in [1.165, 1.54) is 0 Å². The fourth-order valence-electron chi connectivity index (χ4n) is 2.95. The maximum absolute atomic E-state index is 12.5. The molecule has 19 heavy (non-hydrogen) atoms. The predicted molar refractivity (Wildman–Crippen MR) is 75.5 cm³/mol. The number of carbonyl (C=O) groups excluding carboxylic acids is 1. The standard InChI is InChI=1S/C15H10BrNO2/c16-9-5-6-13-11(7-9)15(8-19-13)10-3-1-2-4-12(10)17-14(15)18/h1-7H,8H2,(H,17,18). The van der Waals surface area contributed by atoms with Crippen LogP contribution in [0.5, 0.6) is 5.75 Å². The highest BCUT2D eigenvalue weighted by Crippen LogP contribution is 2.50. The first-order chi connectivity index (χ1) is 9.22. The molecule has 0 aliphatic carbocycles. The van der Waals surface area contributed by atoms with Gasteiger partial charge >= 0.3 is 0 Å². The third-order valence-electron chi connectivity index (χ3n) is 3.87. The number of hydrogen-bond donors (Lipinski definition) is 1. The number of anilines is 1. The molecule has 4 rings (SSSR count). The van der Waals surface area contributed by atoms with Crippen LogP contribution in [0.2, 0.25) is 0 Å². The summed E-state index contributed by atoms with van der Waals surface area (Å²) in [5.41, 5.74) is 2.11. The van der Waals surface area contributed by atoms with Crippen LogP contribution in [0.15, 0.2) is 46.9 Å². The topological polar surface area (TPSA) is 38.3 Å². The van der Waals surface area contributed by atoms with Crippen LogP contribution in [0.25, 0.3) is 0 Å². The molecule has 1 unspecified atom stereocenters. The number of halogens is 1. The summed E-state index contributed by atoms with van der Waals surface area (Å²) < 4.78 is 6.69. The summed E-state index contributed by atoms with van der Waals surface area (Å²) in [6.45, 7) is 0.363. The molecule has 1 amide bonds. The van der Waals surface area contributed by atoms with E-state index in [4.69, 9.17) is 4.74 Å². The average Bonchev–Trinajstić information content (AvgIpc) is 2.92. The molecule has 1 atom stereocenters. The first-order valence-electron chi connectivity index (χ1n) is 6.05. The van der Waals surface area contributed by atoms with Crippen LogP contribution in [0.3, 0.4) is 0 Å². The number of para-hydroxylation sites is 1. The lowest BCUT2D eigenvalue weighted by molar-refractivity contribution is -0.119. The van der Waals surface area contributed by atoms with E-state index in [1.807, 2.05) is 42.5 Å². The van der Waals surface area contributed by atoms with Gasteiger partial charge in [0.25, 0.3) is 0 Å². The highest BCUT2D eigenvalue weighted by molar-refractivity contribution is 9.10. The molecule has 0 radical (unpaired) electrons. The number of rotatable bonds is 0. The molecule has 0 bridgehead atoms. The van der Waals surface area contributed by atoms with Gasteiger partial charge in [0.05, 0.1) is 0 Å². The summed E-state index contributed by atoms with van der Waals surface area (Å²) >= 11 is 3.47. The lowest BCUT2D eigenvalue weighted by Crippen LogP contribution is -2.37. The number of fused-ring (bicyclic) bond motifs is 4. The van der Waals surface area contributed by atoms with Gasteiger partial charge in [0.2, 0.25) is 5.91 Å². The quantitative estimate of drug-likeness (QED) is 0.811. The zero-order valence-electron chi connectivity index (χ0n) is 9.94. The Morgan fingerprint density at radius 2 is 2.00 bits per heavy atom. The highest BCUT2D eigenvalue weighted by Gasteiger charge is 2.53. The molecule has 1 N–H and O–H groups in total. The normalized spacial score (nSPS) is 22.9. The fraction of sp³-hybridized carbons (Fsp3) is 0.133. The molecule has 0 saturated carbocycles. The predicted octanol–water partition coefficient (Wildman–Crippen LogP) is 3.08. The van der Waals surface area contributed by atoms with Gasteiger partial charge in [-0.1, -0.05) is 34.1 Å². The minimum Gasteiger partial charge on any atom is -0.491 e. The Morgan fingerprint density at radius 3 is 2.89 bits per heavy atom. The summed E-state index contributed by atoms with van der Waals surface area (Å²) in [6, 6.07) is 13.6. The molecule has 2 aromatic rings. The van der Waals surface area contributed by atoms with E-state index in [2.05, 4.69) is 21.2 Å². The van der Waals surface area contributed by atoms with Crippen molar-refractivity contribution in [1.29, 1.82) is 0 Å². The molecule has 94 valence electrons. The van der Waals surface area contributed by atoms with Crippen LogP contribution in [0.4, 0.5) is 5.69 Å². The van der Waals surface area contributed by atoms with Gasteiger partial charge in [-0.15, -0.1) is 0 Å². The first kappa shape index (κ1) is 11.1. The van der Waals surface area contributed by atoms with Crippen LogP contribution in [0.1, 0.15) is 11.1 Å². The van der Waals surface area contributed by atoms with Crippen molar-refractivity contribution in [1.82, 2.24) is 0 Å². The van der Waals surface area contributed by atoms with E-state index in [-0.39, 0.29) is 5.91 Å². The molecule has 2 aliphatic heterocycles. The summed E-state index contributed by atoms with van der Waals surface area (Å²) in [4.78, 5) is 12.5. The Hall–Kier alpha value is -1.81. The SMILES string of the molecule is O=C1Nc2ccccc2C12COc1ccc(Br)cc12. The second-order valence-electron chi connectivity index (χ2n) is 4.83. The van der Waals surface area contributed by atoms with Gasteiger partial charge in [0.15, 0.2) is 0 Å². The van der Waals surface area contributed by atoms with Gasteiger partial charge in [-0.25, -0.2) is 0 Å². The zero-order chi connectivity index (χ0) is 13.0. The lowest BCUT2D eigenvalue weighted by Gasteiger charge is -2.20. The Bertz CT molecular complexity index is 713. The van der Waals surface area contributed by atoms with E-state index in [0.29, 0.717) is 6.61 Å². The van der Waals surface area contributed by atoms with E-state index in [0.717, 1.165) is 27.0 Å². The van der Waals surface area contributed by atoms with Crippen molar-refractivity contribution >= 4 is 27.5 Å². The third-order valence-corrected chi connectivity index (χ3v) is 4.36. The van der Waals surface area contributed by atoms with E-state index >= 15 is 0 Å². The minimum absolute atomic E-state index is 0.00875. The first-order valence-corrected chi connectivity index (χ1v) is 6.85. The second-order valence-corrected chi connectivity index (χ2v) is 5.75. The van der Waals surface area contributed by atoms with Crippen molar-refractivity contribution < 1.29 is 9.53 Å². The molecule has 0 saturated heterocycles. The summed E-state index contributed by atoms with van der Waals surface area (Å²) in [7, 11) is 0. The van der Waals surface area contributed by atoms with Crippen molar-refractivity contribution in [3.63, 3.8) is 0 Å². The average molecular weight is 316 g/mol. The van der Waals surface area contributed by atoms with Crippen molar-refractivity contribution in [3.05, 3.63) is 58.1 Å². The third kappa shape index (κ3) is 1.29. The number of carbonyl (C=O) groups is 1. The van der Waals surface area contributed by atoms with E-state index < -0.39 is 5.41 Å². The van der Waals surface area contributed by atoms with Gasteiger partial charge in [0, 0.05) is 15.7 Å². The number of hydrogen-bond acceptors (Lipinski definition) is 2. The van der Waals surface area contributed by atoms with Crippen molar-refractivity contribution in [2.75, 3.05) is 11.9 Å². The smallest absolute Gasteiger partial charge is 0.243 e. The molecule has 4 heteroatoms. The van der Waals surface area contributed by atoms with Crippen LogP contribution in [-0.4, -0.2) is 12.5 Å². The monoisotopic (exact) mass is 315 g/mol. The molecule has 2 heterocycles. The van der Waals surface area contributed by atoms with Crippen LogP contribution >= 0.6 is 15.9 Å². The molecule has 2 aliphatic rings. The van der Waals surface area contributed by atoms with Gasteiger partial charge in [0.1, 0.15) is 17.8 Å². The number of amides is 1. The molecular formula is C15H10BrNO2. The van der Waals surface area contributed by atoms with Crippen molar-refractivity contribution in [2.24, 2.45) is 0 Å². The molecule has 3 nitrogen and oxygen atoms in total. The molecule has 1 spiro atoms. The number of benzene rings is 2. The van der Waals surface area contributed by atoms with Gasteiger partial charge in [-0.3, -0.25) is 4.79 Å². The fourth-order valence-corrected chi connectivity index (χ4v) is 3.31. The molecular weight excluding hydrogens is 306 g/mol. The Labute approximate surface area is 118 Å². The van der Waals surface area contributed by atoms with E-state index in [9.17, 15) is 4.79 Å². The molecule has 0 fully saturated rings. The highest BCUT2D eigenvalue weighted by atomic mass is 79.9. The van der Waals surface area contributed by atoms with Gasteiger partial charge in [-0.05, 0) is 29.8 Å². The second kappa shape index (κ2) is 3.61. The summed E-state index contributed by atoms with van der Waals surface area (Å²) in [5, 5.41) is 2.96. The summed E-state index contributed by atoms with van der Waals surface area (Å²) in [5.74, 6) is 0.778. The lowest BCUT2D eigenvalue weighted by atomic mass is 9.77. The van der Waals surface area contributed by atoms with Crippen molar-refractivity contribution in [2.45, 2.75) is 5.41 Å². The zero-order valence-corrected chi connectivity index (χ0v) is 11.5. The molecule has 2 aromatic carbocycles. The molecule has 0 aromatic heterocycles. The maximum atomic E-state index is 12.5. The minimum atomic E-state index is -0.699. The van der Waals surface area contributed by atoms with Gasteiger partial charge < -0.3 is 10.1 Å². The van der Waals surface area contributed by atoms with E-state index in [1.54, 1.807) is 0 Å². The Morgan fingerprint density at radius 1 is 1.16 bits per heavy atom. The van der Waals surface area contributed by atoms with Gasteiger partial charge in [-0.2, -0.15) is 0 Å². The maximum Gasteiger partial charge on any atom is 0.243 e. The van der Waals surface area contributed by atoms with Crippen LogP contribution in [0, 0.1) is 0 Å². The Balaban J connectivity index is 2.03. The Kier molecular flexibility index (Phi) is 2.10. The summed E-state index contributed by atoms with van der Waals surface area (Å²) in [6.07, 6.45) is 0. The van der Waals surface area contributed by atoms with Crippen molar-refractivity contribution in [3.8, 4) is 5.75 Å². The van der Waals surface area contributed by atoms with Crippen LogP contribution in [-0.2, 0) is 10.2 Å². The number of ether oxygens (including phenoxy) is 1. The number of nitrogens with one attached hydrogen (secondary N) is 1. The van der Waals surface area contributed by atoms with Crippen LogP contribution < -0.4 is 10.1 Å².